The second-order valence-corrected chi connectivity index (χ2v) is 5.46. The van der Waals surface area contributed by atoms with Crippen molar-refractivity contribution in [1.82, 2.24) is 15.5 Å². The Kier molecular flexibility index (Phi) is 9.26. The van der Waals surface area contributed by atoms with E-state index in [0.717, 1.165) is 32.0 Å². The molecule has 1 atom stereocenters. The first kappa shape index (κ1) is 18.5. The van der Waals surface area contributed by atoms with Gasteiger partial charge in [0.1, 0.15) is 0 Å². The topological polar surface area (TPSA) is 48.9 Å². The molecule has 0 radical (unpaired) electrons. The second-order valence-electron chi connectivity index (χ2n) is 5.46. The van der Waals surface area contributed by atoms with Gasteiger partial charge in [-0.2, -0.15) is 0 Å². The van der Waals surface area contributed by atoms with Crippen LogP contribution in [0.5, 0.6) is 0 Å². The molecule has 0 aromatic heterocycles. The monoisotopic (exact) mass is 306 g/mol. The number of hydrogen-bond donors (Lipinski definition) is 2. The van der Waals surface area contributed by atoms with E-state index in [1.54, 1.807) is 14.2 Å². The molecule has 1 aromatic rings. The largest absolute Gasteiger partial charge is 0.383 e. The van der Waals surface area contributed by atoms with Crippen LogP contribution in [-0.4, -0.2) is 57.8 Å². The van der Waals surface area contributed by atoms with Gasteiger partial charge in [0.2, 0.25) is 0 Å². The Morgan fingerprint density at radius 2 is 1.91 bits per heavy atom. The summed E-state index contributed by atoms with van der Waals surface area (Å²) in [5.74, 6) is 0.829. The van der Waals surface area contributed by atoms with E-state index in [-0.39, 0.29) is 0 Å². The zero-order valence-electron chi connectivity index (χ0n) is 14.3. The number of guanidine groups is 1. The van der Waals surface area contributed by atoms with E-state index in [2.05, 4.69) is 64.8 Å². The van der Waals surface area contributed by atoms with Crippen LogP contribution in [0.4, 0.5) is 0 Å². The van der Waals surface area contributed by atoms with Gasteiger partial charge in [0.25, 0.3) is 0 Å². The van der Waals surface area contributed by atoms with E-state index in [9.17, 15) is 0 Å². The van der Waals surface area contributed by atoms with Crippen molar-refractivity contribution in [1.29, 1.82) is 0 Å². The van der Waals surface area contributed by atoms with Crippen LogP contribution in [-0.2, 0) is 11.3 Å². The third-order valence-corrected chi connectivity index (χ3v) is 3.70. The van der Waals surface area contributed by atoms with Gasteiger partial charge >= 0.3 is 0 Å². The second kappa shape index (κ2) is 11.0. The predicted octanol–water partition coefficient (Wildman–Crippen LogP) is 1.71. The summed E-state index contributed by atoms with van der Waals surface area (Å²) in [6.45, 7) is 5.57. The maximum atomic E-state index is 5.02. The first-order valence-electron chi connectivity index (χ1n) is 7.85. The third-order valence-electron chi connectivity index (χ3n) is 3.70. The molecule has 0 heterocycles. The molecule has 0 spiro atoms. The summed E-state index contributed by atoms with van der Waals surface area (Å²) in [6.07, 6.45) is 1.06. The number of nitrogens with zero attached hydrogens (tertiary/aromatic N) is 2. The van der Waals surface area contributed by atoms with Gasteiger partial charge in [-0.3, -0.25) is 9.89 Å². The lowest BCUT2D eigenvalue weighted by Crippen LogP contribution is -2.41. The van der Waals surface area contributed by atoms with Gasteiger partial charge in [0.05, 0.1) is 6.61 Å². The number of rotatable bonds is 9. The number of hydrogen-bond acceptors (Lipinski definition) is 3. The molecule has 5 nitrogen and oxygen atoms in total. The highest BCUT2D eigenvalue weighted by Gasteiger charge is 2.09. The van der Waals surface area contributed by atoms with Crippen LogP contribution in [0.2, 0.25) is 0 Å². The Labute approximate surface area is 134 Å². The summed E-state index contributed by atoms with van der Waals surface area (Å²) in [5.41, 5.74) is 1.35. The Balaban J connectivity index is 2.25. The zero-order valence-corrected chi connectivity index (χ0v) is 14.3. The molecule has 22 heavy (non-hydrogen) atoms. The highest BCUT2D eigenvalue weighted by Crippen LogP contribution is 2.07. The minimum Gasteiger partial charge on any atom is -0.383 e. The maximum Gasteiger partial charge on any atom is 0.191 e. The molecule has 1 unspecified atom stereocenters. The van der Waals surface area contributed by atoms with Crippen LogP contribution >= 0.6 is 0 Å². The fourth-order valence-corrected chi connectivity index (χ4v) is 2.14. The van der Waals surface area contributed by atoms with Crippen molar-refractivity contribution in [2.24, 2.45) is 4.99 Å². The molecule has 0 aliphatic rings. The lowest BCUT2D eigenvalue weighted by atomic mass is 10.1. The van der Waals surface area contributed by atoms with Crippen LogP contribution in [0, 0.1) is 0 Å². The SMILES string of the molecule is CN=C(NCCOC)NCCC(C)N(C)Cc1ccccc1. The van der Waals surface area contributed by atoms with Crippen LogP contribution in [0.1, 0.15) is 18.9 Å². The number of nitrogens with one attached hydrogen (secondary N) is 2. The molecular formula is C17H30N4O. The van der Waals surface area contributed by atoms with Gasteiger partial charge in [-0.1, -0.05) is 30.3 Å². The fraction of sp³-hybridized carbons (Fsp3) is 0.588. The van der Waals surface area contributed by atoms with E-state index >= 15 is 0 Å². The van der Waals surface area contributed by atoms with Crippen LogP contribution in [0.15, 0.2) is 35.3 Å². The lowest BCUT2D eigenvalue weighted by Gasteiger charge is -2.25. The van der Waals surface area contributed by atoms with Gasteiger partial charge in [-0.15, -0.1) is 0 Å². The molecule has 5 heteroatoms. The summed E-state index contributed by atoms with van der Waals surface area (Å²) in [5, 5.41) is 6.55. The molecule has 1 aromatic carbocycles. The van der Waals surface area contributed by atoms with Crippen molar-refractivity contribution < 1.29 is 4.74 Å². The Hall–Kier alpha value is -1.59. The van der Waals surface area contributed by atoms with E-state index in [1.807, 2.05) is 0 Å². The standard InChI is InChI=1S/C17H30N4O/c1-15(21(3)14-16-8-6-5-7-9-16)10-11-19-17(18-2)20-12-13-22-4/h5-9,15H,10-14H2,1-4H3,(H2,18,19,20). The maximum absolute atomic E-state index is 5.02. The van der Waals surface area contributed by atoms with Gasteiger partial charge in [-0.25, -0.2) is 0 Å². The molecule has 124 valence electrons. The van der Waals surface area contributed by atoms with Gasteiger partial charge in [0, 0.05) is 39.8 Å². The van der Waals surface area contributed by atoms with E-state index in [4.69, 9.17) is 4.74 Å². The van der Waals surface area contributed by atoms with Crippen LogP contribution in [0.3, 0.4) is 0 Å². The Bertz CT molecular complexity index is 422. The van der Waals surface area contributed by atoms with Crippen molar-refractivity contribution in [2.45, 2.75) is 25.9 Å². The van der Waals surface area contributed by atoms with Gasteiger partial charge < -0.3 is 15.4 Å². The highest BCUT2D eigenvalue weighted by molar-refractivity contribution is 5.79. The van der Waals surface area contributed by atoms with E-state index in [0.29, 0.717) is 12.6 Å². The minimum absolute atomic E-state index is 0.504. The number of methoxy groups -OCH3 is 1. The average molecular weight is 306 g/mol. The van der Waals surface area contributed by atoms with Crippen molar-refractivity contribution in [3.8, 4) is 0 Å². The van der Waals surface area contributed by atoms with E-state index in [1.165, 1.54) is 5.56 Å². The average Bonchev–Trinajstić information content (AvgIpc) is 2.54. The molecular weight excluding hydrogens is 276 g/mol. The first-order chi connectivity index (χ1) is 10.7. The Morgan fingerprint density at radius 1 is 1.23 bits per heavy atom. The van der Waals surface area contributed by atoms with Crippen molar-refractivity contribution in [3.63, 3.8) is 0 Å². The van der Waals surface area contributed by atoms with Crippen LogP contribution < -0.4 is 10.6 Å². The third kappa shape index (κ3) is 7.43. The summed E-state index contributed by atoms with van der Waals surface area (Å²) in [4.78, 5) is 6.57. The molecule has 0 aliphatic carbocycles. The quantitative estimate of drug-likeness (QED) is 0.414. The normalized spacial score (nSPS) is 13.2. The number of ether oxygens (including phenoxy) is 1. The molecule has 0 amide bonds. The summed E-state index contributed by atoms with van der Waals surface area (Å²) in [7, 11) is 5.65. The van der Waals surface area contributed by atoms with Crippen molar-refractivity contribution in [3.05, 3.63) is 35.9 Å². The predicted molar refractivity (Wildman–Crippen MR) is 93.2 cm³/mol. The molecule has 0 aliphatic heterocycles. The zero-order chi connectivity index (χ0) is 16.2. The van der Waals surface area contributed by atoms with Crippen molar-refractivity contribution in [2.75, 3.05) is 40.9 Å². The molecule has 2 N–H and O–H groups in total. The number of aliphatic imine (C=N–C) groups is 1. The lowest BCUT2D eigenvalue weighted by molar-refractivity contribution is 0.203. The van der Waals surface area contributed by atoms with E-state index < -0.39 is 0 Å². The summed E-state index contributed by atoms with van der Waals surface area (Å²) < 4.78 is 5.02. The Morgan fingerprint density at radius 3 is 2.55 bits per heavy atom. The molecule has 1 rings (SSSR count). The smallest absolute Gasteiger partial charge is 0.191 e. The molecule has 0 saturated carbocycles. The van der Waals surface area contributed by atoms with Gasteiger partial charge in [-0.05, 0) is 26.0 Å². The molecule has 0 bridgehead atoms. The van der Waals surface area contributed by atoms with Crippen molar-refractivity contribution >= 4 is 5.96 Å². The minimum atomic E-state index is 0.504. The fourth-order valence-electron chi connectivity index (χ4n) is 2.14. The summed E-state index contributed by atoms with van der Waals surface area (Å²) in [6, 6.07) is 11.1. The molecule has 0 fully saturated rings. The van der Waals surface area contributed by atoms with Gasteiger partial charge in [0.15, 0.2) is 5.96 Å². The molecule has 0 saturated heterocycles. The number of benzene rings is 1. The first-order valence-corrected chi connectivity index (χ1v) is 7.85. The van der Waals surface area contributed by atoms with Crippen LogP contribution in [0.25, 0.3) is 0 Å². The highest BCUT2D eigenvalue weighted by atomic mass is 16.5. The summed E-state index contributed by atoms with van der Waals surface area (Å²) >= 11 is 0.